The van der Waals surface area contributed by atoms with E-state index in [0.717, 1.165) is 5.56 Å². The molecule has 5 heteroatoms. The maximum absolute atomic E-state index is 12.3. The molecule has 2 rings (SSSR count). The summed E-state index contributed by atoms with van der Waals surface area (Å²) in [6.07, 6.45) is 0.641. The van der Waals surface area contributed by atoms with Gasteiger partial charge in [-0.1, -0.05) is 6.07 Å². The predicted molar refractivity (Wildman–Crippen MR) is 68.8 cm³/mol. The fraction of sp³-hybridized carbons (Fsp3) is 0.385. The van der Waals surface area contributed by atoms with Crippen LogP contribution in [0.2, 0.25) is 0 Å². The number of hydrogen-bond acceptors (Lipinski definition) is 3. The van der Waals surface area contributed by atoms with Gasteiger partial charge in [-0.25, -0.2) is 0 Å². The van der Waals surface area contributed by atoms with Gasteiger partial charge in [0.1, 0.15) is 0 Å². The predicted octanol–water partition coefficient (Wildman–Crippen LogP) is 0.525. The zero-order valence-corrected chi connectivity index (χ0v) is 10.3. The van der Waals surface area contributed by atoms with E-state index < -0.39 is 0 Å². The number of carbonyl (C=O) groups is 2. The number of benzene rings is 1. The van der Waals surface area contributed by atoms with Crippen LogP contribution in [0.15, 0.2) is 18.2 Å². The molecule has 0 bridgehead atoms. The number of anilines is 1. The molecule has 4 N–H and O–H groups in total. The van der Waals surface area contributed by atoms with Gasteiger partial charge in [0.2, 0.25) is 5.91 Å². The fourth-order valence-corrected chi connectivity index (χ4v) is 2.22. The van der Waals surface area contributed by atoms with Crippen LogP contribution in [-0.4, -0.2) is 29.8 Å². The summed E-state index contributed by atoms with van der Waals surface area (Å²) >= 11 is 0. The first-order valence-electron chi connectivity index (χ1n) is 5.93. The van der Waals surface area contributed by atoms with E-state index in [-0.39, 0.29) is 17.7 Å². The largest absolute Gasteiger partial charge is 0.399 e. The maximum atomic E-state index is 12.3. The molecule has 1 aliphatic heterocycles. The monoisotopic (exact) mass is 247 g/mol. The first kappa shape index (κ1) is 12.4. The number of likely N-dealkylation sites (tertiary alicyclic amines) is 1. The van der Waals surface area contributed by atoms with E-state index in [1.54, 1.807) is 17.0 Å². The number of amides is 2. The molecule has 1 saturated heterocycles. The van der Waals surface area contributed by atoms with Gasteiger partial charge in [0.25, 0.3) is 5.91 Å². The summed E-state index contributed by atoms with van der Waals surface area (Å²) in [6.45, 7) is 2.84. The molecular weight excluding hydrogens is 230 g/mol. The molecule has 1 heterocycles. The van der Waals surface area contributed by atoms with Crippen LogP contribution in [-0.2, 0) is 4.79 Å². The standard InChI is InChI=1S/C13H17N3O2/c1-8-2-3-10(14)6-11(8)13(18)16-5-4-9(7-16)12(15)17/h2-3,6,9H,4-5,7,14H2,1H3,(H2,15,17). The molecule has 1 aromatic rings. The Hall–Kier alpha value is -2.04. The Morgan fingerprint density at radius 2 is 2.11 bits per heavy atom. The second-order valence-corrected chi connectivity index (χ2v) is 4.71. The minimum Gasteiger partial charge on any atom is -0.399 e. The van der Waals surface area contributed by atoms with Crippen molar-refractivity contribution in [2.75, 3.05) is 18.8 Å². The molecule has 1 aromatic carbocycles. The van der Waals surface area contributed by atoms with Crippen molar-refractivity contribution in [2.45, 2.75) is 13.3 Å². The molecule has 18 heavy (non-hydrogen) atoms. The Labute approximate surface area is 106 Å². The summed E-state index contributed by atoms with van der Waals surface area (Å²) in [4.78, 5) is 25.1. The molecule has 96 valence electrons. The lowest BCUT2D eigenvalue weighted by Gasteiger charge is -2.17. The molecule has 0 saturated carbocycles. The number of primary amides is 1. The van der Waals surface area contributed by atoms with E-state index >= 15 is 0 Å². The highest BCUT2D eigenvalue weighted by Gasteiger charge is 2.30. The van der Waals surface area contributed by atoms with Gasteiger partial charge in [-0.05, 0) is 31.0 Å². The van der Waals surface area contributed by atoms with Gasteiger partial charge in [0, 0.05) is 24.3 Å². The van der Waals surface area contributed by atoms with Crippen LogP contribution >= 0.6 is 0 Å². The first-order valence-corrected chi connectivity index (χ1v) is 5.93. The molecule has 0 spiro atoms. The molecule has 0 aliphatic carbocycles. The molecule has 0 radical (unpaired) electrons. The zero-order valence-electron chi connectivity index (χ0n) is 10.3. The SMILES string of the molecule is Cc1ccc(N)cc1C(=O)N1CCC(C(N)=O)C1. The Bertz CT molecular complexity index is 499. The quantitative estimate of drug-likeness (QED) is 0.747. The molecule has 2 amide bonds. The van der Waals surface area contributed by atoms with E-state index in [1.165, 1.54) is 0 Å². The molecule has 1 unspecified atom stereocenters. The van der Waals surface area contributed by atoms with Crippen LogP contribution in [0.25, 0.3) is 0 Å². The Morgan fingerprint density at radius 3 is 2.72 bits per heavy atom. The first-order chi connectivity index (χ1) is 8.49. The van der Waals surface area contributed by atoms with Crippen LogP contribution in [0.5, 0.6) is 0 Å². The second-order valence-electron chi connectivity index (χ2n) is 4.71. The van der Waals surface area contributed by atoms with E-state index in [2.05, 4.69) is 0 Å². The van der Waals surface area contributed by atoms with Crippen LogP contribution < -0.4 is 11.5 Å². The number of carbonyl (C=O) groups excluding carboxylic acids is 2. The minimum atomic E-state index is -0.338. The highest BCUT2D eigenvalue weighted by molar-refractivity contribution is 5.97. The van der Waals surface area contributed by atoms with Crippen molar-refractivity contribution in [2.24, 2.45) is 11.7 Å². The number of nitrogen functional groups attached to an aromatic ring is 1. The normalized spacial score (nSPS) is 18.9. The average molecular weight is 247 g/mol. The van der Waals surface area contributed by atoms with Gasteiger partial charge in [-0.2, -0.15) is 0 Å². The smallest absolute Gasteiger partial charge is 0.254 e. The fourth-order valence-electron chi connectivity index (χ4n) is 2.22. The maximum Gasteiger partial charge on any atom is 0.254 e. The van der Waals surface area contributed by atoms with Crippen molar-refractivity contribution in [1.29, 1.82) is 0 Å². The summed E-state index contributed by atoms with van der Waals surface area (Å²) in [7, 11) is 0. The van der Waals surface area contributed by atoms with Crippen molar-refractivity contribution in [1.82, 2.24) is 4.90 Å². The van der Waals surface area contributed by atoms with E-state index in [9.17, 15) is 9.59 Å². The highest BCUT2D eigenvalue weighted by Crippen LogP contribution is 2.21. The summed E-state index contributed by atoms with van der Waals surface area (Å²) in [5, 5.41) is 0. The third kappa shape index (κ3) is 2.30. The van der Waals surface area contributed by atoms with Crippen molar-refractivity contribution in [3.05, 3.63) is 29.3 Å². The lowest BCUT2D eigenvalue weighted by Crippen LogP contribution is -2.32. The molecule has 1 atom stereocenters. The van der Waals surface area contributed by atoms with Gasteiger partial charge >= 0.3 is 0 Å². The number of nitrogens with zero attached hydrogens (tertiary/aromatic N) is 1. The zero-order chi connectivity index (χ0) is 13.3. The van der Waals surface area contributed by atoms with Gasteiger partial charge in [-0.3, -0.25) is 9.59 Å². The third-order valence-electron chi connectivity index (χ3n) is 3.37. The lowest BCUT2D eigenvalue weighted by molar-refractivity contribution is -0.121. The highest BCUT2D eigenvalue weighted by atomic mass is 16.2. The van der Waals surface area contributed by atoms with E-state index in [1.807, 2.05) is 13.0 Å². The second kappa shape index (κ2) is 4.68. The van der Waals surface area contributed by atoms with Crippen molar-refractivity contribution in [3.63, 3.8) is 0 Å². The minimum absolute atomic E-state index is 0.0800. The molecule has 5 nitrogen and oxygen atoms in total. The van der Waals surface area contributed by atoms with Crippen LogP contribution in [0.4, 0.5) is 5.69 Å². The number of nitrogens with two attached hydrogens (primary N) is 2. The summed E-state index contributed by atoms with van der Waals surface area (Å²) in [6, 6.07) is 5.27. The van der Waals surface area contributed by atoms with Crippen LogP contribution in [0.3, 0.4) is 0 Å². The van der Waals surface area contributed by atoms with Gasteiger partial charge in [-0.15, -0.1) is 0 Å². The third-order valence-corrected chi connectivity index (χ3v) is 3.37. The number of aryl methyl sites for hydroxylation is 1. The lowest BCUT2D eigenvalue weighted by atomic mass is 10.1. The number of hydrogen-bond donors (Lipinski definition) is 2. The van der Waals surface area contributed by atoms with Gasteiger partial charge in [0.05, 0.1) is 5.92 Å². The Balaban J connectivity index is 2.17. The summed E-state index contributed by atoms with van der Waals surface area (Å²) in [5.74, 6) is -0.645. The summed E-state index contributed by atoms with van der Waals surface area (Å²) < 4.78 is 0. The molecule has 0 aromatic heterocycles. The van der Waals surface area contributed by atoms with Crippen molar-refractivity contribution in [3.8, 4) is 0 Å². The van der Waals surface area contributed by atoms with Crippen LogP contribution in [0, 0.1) is 12.8 Å². The van der Waals surface area contributed by atoms with Gasteiger partial charge < -0.3 is 16.4 Å². The molecule has 1 fully saturated rings. The van der Waals surface area contributed by atoms with Crippen molar-refractivity contribution >= 4 is 17.5 Å². The van der Waals surface area contributed by atoms with Crippen LogP contribution in [0.1, 0.15) is 22.3 Å². The van der Waals surface area contributed by atoms with E-state index in [0.29, 0.717) is 30.8 Å². The van der Waals surface area contributed by atoms with Crippen molar-refractivity contribution < 1.29 is 9.59 Å². The molecule has 1 aliphatic rings. The molecular formula is C13H17N3O2. The Morgan fingerprint density at radius 1 is 1.39 bits per heavy atom. The summed E-state index contributed by atoms with van der Waals surface area (Å²) in [5.41, 5.74) is 13.0. The topological polar surface area (TPSA) is 89.4 Å². The number of rotatable bonds is 2. The average Bonchev–Trinajstić information content (AvgIpc) is 2.81. The van der Waals surface area contributed by atoms with E-state index in [4.69, 9.17) is 11.5 Å². The Kier molecular flexibility index (Phi) is 3.23. The van der Waals surface area contributed by atoms with Gasteiger partial charge in [0.15, 0.2) is 0 Å².